The number of benzene rings is 1. The summed E-state index contributed by atoms with van der Waals surface area (Å²) in [4.78, 5) is 17.3. The molecule has 6 heteroatoms. The van der Waals surface area contributed by atoms with Crippen molar-refractivity contribution in [3.8, 4) is 0 Å². The fourth-order valence-corrected chi connectivity index (χ4v) is 4.50. The van der Waals surface area contributed by atoms with Gasteiger partial charge in [-0.2, -0.15) is 0 Å². The summed E-state index contributed by atoms with van der Waals surface area (Å²) in [6.45, 7) is 6.54. The normalized spacial score (nSPS) is 28.3. The summed E-state index contributed by atoms with van der Waals surface area (Å²) in [7, 11) is 0. The van der Waals surface area contributed by atoms with Crippen LogP contribution in [0.4, 0.5) is 0 Å². The van der Waals surface area contributed by atoms with E-state index in [1.165, 1.54) is 12.8 Å². The van der Waals surface area contributed by atoms with E-state index in [1.54, 1.807) is 4.57 Å². The molecule has 25 heavy (non-hydrogen) atoms. The average Bonchev–Trinajstić information content (AvgIpc) is 3.42. The third-order valence-electron chi connectivity index (χ3n) is 6.02. The Labute approximate surface area is 146 Å². The van der Waals surface area contributed by atoms with Gasteiger partial charge in [0.05, 0.1) is 18.7 Å². The molecule has 3 heterocycles. The minimum absolute atomic E-state index is 0.255. The first kappa shape index (κ1) is 15.6. The Morgan fingerprint density at radius 3 is 2.84 bits per heavy atom. The second-order valence-electron chi connectivity index (χ2n) is 7.62. The molecule has 5 rings (SSSR count). The largest absolute Gasteiger partial charge is 0.419 e. The lowest BCUT2D eigenvalue weighted by atomic mass is 10.0. The Morgan fingerprint density at radius 2 is 1.96 bits per heavy atom. The summed E-state index contributed by atoms with van der Waals surface area (Å²) in [6, 6.07) is 8.79. The van der Waals surface area contributed by atoms with Crippen LogP contribution >= 0.6 is 0 Å². The highest BCUT2D eigenvalue weighted by atomic mass is 16.5. The predicted molar refractivity (Wildman–Crippen MR) is 94.7 cm³/mol. The molecule has 0 N–H and O–H groups in total. The molecule has 0 bridgehead atoms. The van der Waals surface area contributed by atoms with E-state index in [2.05, 4.69) is 9.80 Å². The van der Waals surface area contributed by atoms with E-state index < -0.39 is 0 Å². The van der Waals surface area contributed by atoms with Crippen LogP contribution in [0.25, 0.3) is 11.1 Å². The number of fused-ring (bicyclic) bond motifs is 2. The number of hydrogen-bond acceptors (Lipinski definition) is 5. The van der Waals surface area contributed by atoms with E-state index in [1.807, 2.05) is 24.3 Å². The molecule has 1 aliphatic carbocycles. The lowest BCUT2D eigenvalue weighted by molar-refractivity contribution is -0.0870. The van der Waals surface area contributed by atoms with Gasteiger partial charge in [-0.25, -0.2) is 4.79 Å². The lowest BCUT2D eigenvalue weighted by Crippen LogP contribution is -2.62. The molecule has 1 saturated carbocycles. The fourth-order valence-electron chi connectivity index (χ4n) is 4.50. The monoisotopic (exact) mass is 343 g/mol. The Balaban J connectivity index is 1.25. The van der Waals surface area contributed by atoms with Crippen molar-refractivity contribution >= 4 is 11.1 Å². The number of ether oxygens (including phenoxy) is 1. The molecule has 0 radical (unpaired) electrons. The van der Waals surface area contributed by atoms with Gasteiger partial charge in [0.15, 0.2) is 5.58 Å². The Morgan fingerprint density at radius 1 is 1.08 bits per heavy atom. The first-order valence-electron chi connectivity index (χ1n) is 9.44. The zero-order valence-corrected chi connectivity index (χ0v) is 14.5. The Hall–Kier alpha value is -1.63. The number of hydrogen-bond donors (Lipinski definition) is 0. The van der Waals surface area contributed by atoms with Gasteiger partial charge in [-0.05, 0) is 30.9 Å². The van der Waals surface area contributed by atoms with E-state index in [0.717, 1.165) is 50.8 Å². The van der Waals surface area contributed by atoms with E-state index >= 15 is 0 Å². The second kappa shape index (κ2) is 6.27. The molecular formula is C19H25N3O3. The minimum atomic E-state index is -0.255. The molecule has 6 nitrogen and oxygen atoms in total. The van der Waals surface area contributed by atoms with E-state index in [0.29, 0.717) is 24.2 Å². The van der Waals surface area contributed by atoms with E-state index in [4.69, 9.17) is 9.15 Å². The van der Waals surface area contributed by atoms with Crippen LogP contribution in [0.5, 0.6) is 0 Å². The number of nitrogens with zero attached hydrogens (tertiary/aromatic N) is 3. The molecule has 0 unspecified atom stereocenters. The van der Waals surface area contributed by atoms with Crippen molar-refractivity contribution in [2.24, 2.45) is 5.92 Å². The summed E-state index contributed by atoms with van der Waals surface area (Å²) in [5.41, 5.74) is 1.56. The second-order valence-corrected chi connectivity index (χ2v) is 7.62. The van der Waals surface area contributed by atoms with Crippen LogP contribution in [-0.2, 0) is 11.3 Å². The maximum absolute atomic E-state index is 12.1. The van der Waals surface area contributed by atoms with Gasteiger partial charge in [0.1, 0.15) is 0 Å². The van der Waals surface area contributed by atoms with Gasteiger partial charge < -0.3 is 9.15 Å². The molecule has 2 saturated heterocycles. The van der Waals surface area contributed by atoms with Crippen molar-refractivity contribution in [2.45, 2.75) is 31.5 Å². The third-order valence-corrected chi connectivity index (χ3v) is 6.02. The zero-order valence-electron chi connectivity index (χ0n) is 14.5. The van der Waals surface area contributed by atoms with Crippen LogP contribution in [0.3, 0.4) is 0 Å². The van der Waals surface area contributed by atoms with Crippen LogP contribution < -0.4 is 5.76 Å². The smallest absolute Gasteiger partial charge is 0.408 e. The molecule has 2 atom stereocenters. The molecule has 134 valence electrons. The maximum Gasteiger partial charge on any atom is 0.419 e. The highest BCUT2D eigenvalue weighted by Gasteiger charge is 2.42. The Kier molecular flexibility index (Phi) is 3.91. The lowest BCUT2D eigenvalue weighted by Gasteiger charge is -2.48. The highest BCUT2D eigenvalue weighted by molar-refractivity contribution is 5.72. The first-order valence-corrected chi connectivity index (χ1v) is 9.44. The van der Waals surface area contributed by atoms with Gasteiger partial charge in [0.25, 0.3) is 0 Å². The predicted octanol–water partition coefficient (Wildman–Crippen LogP) is 1.39. The van der Waals surface area contributed by atoms with Gasteiger partial charge in [-0.3, -0.25) is 14.4 Å². The Bertz CT molecular complexity index is 810. The molecule has 0 spiro atoms. The number of morpholine rings is 1. The van der Waals surface area contributed by atoms with Crippen LogP contribution in [0.1, 0.15) is 12.8 Å². The maximum atomic E-state index is 12.1. The van der Waals surface area contributed by atoms with Crippen molar-refractivity contribution in [3.05, 3.63) is 34.8 Å². The molecule has 3 aliphatic rings. The van der Waals surface area contributed by atoms with Gasteiger partial charge in [0.2, 0.25) is 0 Å². The summed E-state index contributed by atoms with van der Waals surface area (Å²) in [6.07, 6.45) is 2.74. The standard InChI is InChI=1S/C19H25N3O3/c23-19-22(16-3-1-2-4-18(16)25-19)10-8-20-7-9-21-15(11-20)12-24-13-17(21)14-5-6-14/h1-4,14-15,17H,5-13H2/t15-,17-/m1/s1. The molecule has 3 fully saturated rings. The van der Waals surface area contributed by atoms with Crippen molar-refractivity contribution < 1.29 is 9.15 Å². The van der Waals surface area contributed by atoms with E-state index in [9.17, 15) is 4.79 Å². The first-order chi connectivity index (χ1) is 12.3. The van der Waals surface area contributed by atoms with E-state index in [-0.39, 0.29) is 5.76 Å². The summed E-state index contributed by atoms with van der Waals surface area (Å²) < 4.78 is 13.0. The zero-order chi connectivity index (χ0) is 16.8. The summed E-state index contributed by atoms with van der Waals surface area (Å²) in [5.74, 6) is 0.611. The summed E-state index contributed by atoms with van der Waals surface area (Å²) in [5, 5.41) is 0. The number of rotatable bonds is 4. The quantitative estimate of drug-likeness (QED) is 0.840. The summed E-state index contributed by atoms with van der Waals surface area (Å²) >= 11 is 0. The highest BCUT2D eigenvalue weighted by Crippen LogP contribution is 2.38. The van der Waals surface area contributed by atoms with Gasteiger partial charge in [-0.15, -0.1) is 0 Å². The molecule has 1 aromatic carbocycles. The van der Waals surface area contributed by atoms with Gasteiger partial charge in [-0.1, -0.05) is 12.1 Å². The minimum Gasteiger partial charge on any atom is -0.408 e. The number of aromatic nitrogens is 1. The number of piperazine rings is 1. The number of para-hydroxylation sites is 2. The molecule has 0 amide bonds. The molecular weight excluding hydrogens is 318 g/mol. The van der Waals surface area contributed by atoms with Crippen molar-refractivity contribution in [2.75, 3.05) is 39.4 Å². The van der Waals surface area contributed by atoms with Gasteiger partial charge in [0, 0.05) is 44.8 Å². The van der Waals surface area contributed by atoms with Crippen LogP contribution in [0, 0.1) is 5.92 Å². The molecule has 2 aliphatic heterocycles. The van der Waals surface area contributed by atoms with Crippen molar-refractivity contribution in [1.29, 1.82) is 0 Å². The SMILES string of the molecule is O=c1oc2ccccc2n1CCN1CCN2[C@@H](COC[C@@H]2C2CC2)C1. The number of oxazole rings is 1. The van der Waals surface area contributed by atoms with Crippen LogP contribution in [-0.4, -0.2) is 65.8 Å². The molecule has 1 aromatic heterocycles. The van der Waals surface area contributed by atoms with Crippen molar-refractivity contribution in [1.82, 2.24) is 14.4 Å². The third kappa shape index (κ3) is 2.92. The van der Waals surface area contributed by atoms with Gasteiger partial charge >= 0.3 is 5.76 Å². The van der Waals surface area contributed by atoms with Crippen LogP contribution in [0.15, 0.2) is 33.5 Å². The van der Waals surface area contributed by atoms with Crippen LogP contribution in [0.2, 0.25) is 0 Å². The fraction of sp³-hybridized carbons (Fsp3) is 0.632. The topological polar surface area (TPSA) is 50.9 Å². The van der Waals surface area contributed by atoms with Crippen molar-refractivity contribution in [3.63, 3.8) is 0 Å². The average molecular weight is 343 g/mol. The molecule has 2 aromatic rings.